The molecule has 1 aliphatic carbocycles. The molecule has 14 rings (SSSR count). The van der Waals surface area contributed by atoms with Crippen molar-refractivity contribution in [2.24, 2.45) is 5.92 Å². The molecule has 70 heavy (non-hydrogen) atoms. The van der Waals surface area contributed by atoms with Crippen molar-refractivity contribution in [3.8, 4) is 67.7 Å². The fourth-order valence-corrected chi connectivity index (χ4v) is 11.0. The van der Waals surface area contributed by atoms with Gasteiger partial charge in [-0.3, -0.25) is 9.97 Å². The van der Waals surface area contributed by atoms with Crippen LogP contribution in [0.4, 0.5) is 0 Å². The van der Waals surface area contributed by atoms with Crippen LogP contribution in [0.15, 0.2) is 223 Å². The standard InChI is InChI=1S/C65H42N4O/c1-41-25-27-43(28-26-41)50-19-8-24-55-59-37-47(36-56(42-13-4-2-5-14-42)65(59)68(62(50)55)48-17-6-3-7-18-48)44-29-31-60-57(35-44)58-38-49(30-32-61(58)70-60)69-63-51(45-15-11-33-66-39-45)20-9-22-53(63)54-23-10-21-52(64(54)69)46-16-12-34-67-40-46/h2-24,27,29-41H,25H2,1H3. The van der Waals surface area contributed by atoms with E-state index in [4.69, 9.17) is 4.42 Å². The highest BCUT2D eigenvalue weighted by Crippen LogP contribution is 2.46. The van der Waals surface area contributed by atoms with Crippen molar-refractivity contribution in [2.75, 3.05) is 0 Å². The molecule has 1 atom stereocenters. The normalized spacial score (nSPS) is 13.7. The van der Waals surface area contributed by atoms with Gasteiger partial charge in [-0.1, -0.05) is 146 Å². The molecule has 0 fully saturated rings. The Morgan fingerprint density at radius 2 is 0.986 bits per heavy atom. The lowest BCUT2D eigenvalue weighted by Gasteiger charge is -2.15. The van der Waals surface area contributed by atoms with E-state index in [-0.39, 0.29) is 0 Å². The van der Waals surface area contributed by atoms with Gasteiger partial charge in [0.2, 0.25) is 0 Å². The maximum atomic E-state index is 6.68. The van der Waals surface area contributed by atoms with E-state index in [1.54, 1.807) is 0 Å². The molecule has 8 aromatic carbocycles. The Morgan fingerprint density at radius 1 is 0.429 bits per heavy atom. The van der Waals surface area contributed by atoms with Crippen LogP contribution in [-0.4, -0.2) is 19.1 Å². The lowest BCUT2D eigenvalue weighted by atomic mass is 9.93. The zero-order chi connectivity index (χ0) is 46.3. The van der Waals surface area contributed by atoms with Crippen LogP contribution in [0.1, 0.15) is 18.9 Å². The first kappa shape index (κ1) is 39.9. The van der Waals surface area contributed by atoms with Crippen LogP contribution in [0.25, 0.3) is 127 Å². The first-order valence-corrected chi connectivity index (χ1v) is 23.9. The summed E-state index contributed by atoms with van der Waals surface area (Å²) < 4.78 is 11.6. The predicted molar refractivity (Wildman–Crippen MR) is 289 cm³/mol. The summed E-state index contributed by atoms with van der Waals surface area (Å²) in [6, 6.07) is 67.9. The SMILES string of the molecule is CC1C#CC(c2cccc3c4cc(-c5ccc6oc7ccc(-n8c9c(-c%10cccnc%10)cccc9c9cccc(-c%10cccnc%10)c98)cc7c6c5)cc(-c5ccccc5)c4n(-c4ccccc4)c23)=CC1. The minimum atomic E-state index is 0.343. The van der Waals surface area contributed by atoms with Gasteiger partial charge in [-0.05, 0) is 89.8 Å². The molecular weight excluding hydrogens is 853 g/mol. The monoisotopic (exact) mass is 894 g/mol. The van der Waals surface area contributed by atoms with Crippen LogP contribution >= 0.6 is 0 Å². The lowest BCUT2D eigenvalue weighted by molar-refractivity contribution is 0.669. The molecule has 13 aromatic rings. The summed E-state index contributed by atoms with van der Waals surface area (Å²) in [5, 5.41) is 6.83. The molecule has 0 radical (unpaired) electrons. The van der Waals surface area contributed by atoms with Crippen molar-refractivity contribution < 1.29 is 4.42 Å². The molecule has 0 aliphatic heterocycles. The Labute approximate surface area is 404 Å². The van der Waals surface area contributed by atoms with Gasteiger partial charge in [-0.25, -0.2) is 0 Å². The van der Waals surface area contributed by atoms with Gasteiger partial charge in [0.25, 0.3) is 0 Å². The highest BCUT2D eigenvalue weighted by molar-refractivity contribution is 6.20. The largest absolute Gasteiger partial charge is 0.456 e. The van der Waals surface area contributed by atoms with Crippen molar-refractivity contribution in [2.45, 2.75) is 13.3 Å². The summed E-state index contributed by atoms with van der Waals surface area (Å²) >= 11 is 0. The molecule has 0 bridgehead atoms. The van der Waals surface area contributed by atoms with Gasteiger partial charge in [0.05, 0.1) is 22.1 Å². The molecule has 0 saturated heterocycles. The highest BCUT2D eigenvalue weighted by atomic mass is 16.3. The number of fused-ring (bicyclic) bond motifs is 9. The first-order valence-electron chi connectivity index (χ1n) is 23.9. The van der Waals surface area contributed by atoms with E-state index in [0.29, 0.717) is 5.92 Å². The predicted octanol–water partition coefficient (Wildman–Crippen LogP) is 16.7. The van der Waals surface area contributed by atoms with Gasteiger partial charge in [0, 0.05) is 113 Å². The number of hydrogen-bond acceptors (Lipinski definition) is 3. The number of rotatable bonds is 7. The Balaban J connectivity index is 1.02. The van der Waals surface area contributed by atoms with Crippen LogP contribution in [0.2, 0.25) is 0 Å². The maximum Gasteiger partial charge on any atom is 0.135 e. The van der Waals surface area contributed by atoms with Gasteiger partial charge in [0.1, 0.15) is 11.2 Å². The van der Waals surface area contributed by atoms with E-state index in [0.717, 1.165) is 106 Å². The second kappa shape index (κ2) is 15.9. The number of benzene rings is 8. The van der Waals surface area contributed by atoms with E-state index in [2.05, 4.69) is 220 Å². The molecule has 328 valence electrons. The lowest BCUT2D eigenvalue weighted by Crippen LogP contribution is -2.00. The Hall–Kier alpha value is -9.24. The number of pyridine rings is 2. The third kappa shape index (κ3) is 6.27. The van der Waals surface area contributed by atoms with E-state index >= 15 is 0 Å². The van der Waals surface area contributed by atoms with Gasteiger partial charge < -0.3 is 13.6 Å². The number of hydrogen-bond donors (Lipinski definition) is 0. The number of aromatic nitrogens is 4. The molecule has 5 heterocycles. The number of nitrogens with zero attached hydrogens (tertiary/aromatic N) is 4. The highest BCUT2D eigenvalue weighted by Gasteiger charge is 2.24. The Kier molecular flexibility index (Phi) is 9.08. The van der Waals surface area contributed by atoms with Crippen molar-refractivity contribution in [1.82, 2.24) is 19.1 Å². The topological polar surface area (TPSA) is 48.8 Å². The van der Waals surface area contributed by atoms with Gasteiger partial charge in [-0.15, -0.1) is 0 Å². The zero-order valence-electron chi connectivity index (χ0n) is 38.3. The first-order chi connectivity index (χ1) is 34.6. The molecule has 0 amide bonds. The van der Waals surface area contributed by atoms with Crippen LogP contribution < -0.4 is 0 Å². The fourth-order valence-electron chi connectivity index (χ4n) is 11.0. The molecule has 0 N–H and O–H groups in total. The number of allylic oxidation sites excluding steroid dienone is 2. The van der Waals surface area contributed by atoms with Crippen LogP contribution in [-0.2, 0) is 0 Å². The quantitative estimate of drug-likeness (QED) is 0.150. The third-order valence-corrected chi connectivity index (χ3v) is 14.2. The molecule has 1 aliphatic rings. The average molecular weight is 895 g/mol. The molecule has 0 saturated carbocycles. The summed E-state index contributed by atoms with van der Waals surface area (Å²) in [6.45, 7) is 2.20. The fraction of sp³-hybridized carbons (Fsp3) is 0.0462. The maximum absolute atomic E-state index is 6.68. The van der Waals surface area contributed by atoms with Crippen molar-refractivity contribution >= 4 is 71.1 Å². The van der Waals surface area contributed by atoms with Gasteiger partial charge in [0.15, 0.2) is 0 Å². The summed E-state index contributed by atoms with van der Waals surface area (Å²) in [4.78, 5) is 9.09. The Morgan fingerprint density at radius 3 is 1.63 bits per heavy atom. The van der Waals surface area contributed by atoms with Gasteiger partial charge >= 0.3 is 0 Å². The minimum absolute atomic E-state index is 0.343. The summed E-state index contributed by atoms with van der Waals surface area (Å²) in [5.41, 5.74) is 19.6. The smallest absolute Gasteiger partial charge is 0.135 e. The molecule has 5 aromatic heterocycles. The van der Waals surface area contributed by atoms with Crippen LogP contribution in [0.3, 0.4) is 0 Å². The number of furan rings is 1. The molecule has 5 heteroatoms. The minimum Gasteiger partial charge on any atom is -0.456 e. The molecule has 1 unspecified atom stereocenters. The van der Waals surface area contributed by atoms with Crippen molar-refractivity contribution in [1.29, 1.82) is 0 Å². The zero-order valence-corrected chi connectivity index (χ0v) is 38.3. The van der Waals surface area contributed by atoms with E-state index < -0.39 is 0 Å². The molecular formula is C65H42N4O. The summed E-state index contributed by atoms with van der Waals surface area (Å²) in [5.74, 6) is 7.37. The summed E-state index contributed by atoms with van der Waals surface area (Å²) in [7, 11) is 0. The van der Waals surface area contributed by atoms with Gasteiger partial charge in [-0.2, -0.15) is 0 Å². The second-order valence-electron chi connectivity index (χ2n) is 18.4. The van der Waals surface area contributed by atoms with Crippen LogP contribution in [0.5, 0.6) is 0 Å². The van der Waals surface area contributed by atoms with E-state index in [1.165, 1.54) is 32.6 Å². The molecule has 0 spiro atoms. The van der Waals surface area contributed by atoms with Crippen LogP contribution in [0, 0.1) is 17.8 Å². The Bertz CT molecular complexity index is 4220. The third-order valence-electron chi connectivity index (χ3n) is 14.2. The average Bonchev–Trinajstić information content (AvgIpc) is 4.09. The van der Waals surface area contributed by atoms with E-state index in [1.807, 2.05) is 36.9 Å². The second-order valence-corrected chi connectivity index (χ2v) is 18.4. The number of para-hydroxylation sites is 4. The van der Waals surface area contributed by atoms with Crippen molar-refractivity contribution in [3.63, 3.8) is 0 Å². The molecule has 5 nitrogen and oxygen atoms in total. The van der Waals surface area contributed by atoms with Crippen molar-refractivity contribution in [3.05, 3.63) is 224 Å². The summed E-state index contributed by atoms with van der Waals surface area (Å²) in [6.07, 6.45) is 10.8. The van der Waals surface area contributed by atoms with E-state index in [9.17, 15) is 0 Å².